The Hall–Kier alpha value is -1.16. The number of hydrogen-bond donors (Lipinski definition) is 2. The topological polar surface area (TPSA) is 46.2 Å². The van der Waals surface area contributed by atoms with Crippen molar-refractivity contribution in [3.8, 4) is 5.75 Å². The minimum atomic E-state index is -0.943. The van der Waals surface area contributed by atoms with Gasteiger partial charge >= 0.3 is 0 Å². The third-order valence-corrected chi connectivity index (χ3v) is 3.09. The minimum absolute atomic E-state index is 0.438. The molecule has 15 heavy (non-hydrogen) atoms. The van der Waals surface area contributed by atoms with E-state index in [0.29, 0.717) is 5.56 Å². The van der Waals surface area contributed by atoms with Crippen molar-refractivity contribution in [1.29, 1.82) is 0 Å². The normalized spacial score (nSPS) is 19.4. The molecule has 1 aliphatic carbocycles. The fourth-order valence-corrected chi connectivity index (χ4v) is 2.15. The largest absolute Gasteiger partial charge is 0.503 e. The highest BCUT2D eigenvalue weighted by Gasteiger charge is 2.32. The number of benzene rings is 1. The SMILES string of the molecule is NC1(c2cc(F)c(O)c(F)c2)CCCC1. The molecule has 1 aromatic rings. The van der Waals surface area contributed by atoms with Crippen molar-refractivity contribution < 1.29 is 13.9 Å². The molecule has 0 radical (unpaired) electrons. The van der Waals surface area contributed by atoms with E-state index in [4.69, 9.17) is 10.8 Å². The second-order valence-corrected chi connectivity index (χ2v) is 4.15. The number of nitrogens with two attached hydrogens (primary N) is 1. The molecule has 0 unspecified atom stereocenters. The summed E-state index contributed by atoms with van der Waals surface area (Å²) in [6, 6.07) is 2.26. The third-order valence-electron chi connectivity index (χ3n) is 3.09. The van der Waals surface area contributed by atoms with Crippen LogP contribution in [0.4, 0.5) is 8.78 Å². The van der Waals surface area contributed by atoms with E-state index in [9.17, 15) is 8.78 Å². The molecule has 1 saturated carbocycles. The van der Waals surface area contributed by atoms with Crippen LogP contribution in [0.1, 0.15) is 31.2 Å². The van der Waals surface area contributed by atoms with Gasteiger partial charge in [0.1, 0.15) is 0 Å². The average Bonchev–Trinajstić information content (AvgIpc) is 2.62. The molecule has 0 heterocycles. The summed E-state index contributed by atoms with van der Waals surface area (Å²) in [4.78, 5) is 0. The molecular formula is C11H13F2NO. The Morgan fingerprint density at radius 2 is 1.60 bits per heavy atom. The fourth-order valence-electron chi connectivity index (χ4n) is 2.15. The van der Waals surface area contributed by atoms with Crippen LogP contribution in [0.25, 0.3) is 0 Å². The van der Waals surface area contributed by atoms with Gasteiger partial charge in [-0.15, -0.1) is 0 Å². The second-order valence-electron chi connectivity index (χ2n) is 4.15. The van der Waals surface area contributed by atoms with Crippen LogP contribution in [0.2, 0.25) is 0 Å². The van der Waals surface area contributed by atoms with E-state index < -0.39 is 22.9 Å². The van der Waals surface area contributed by atoms with Crippen LogP contribution in [-0.4, -0.2) is 5.11 Å². The Labute approximate surface area is 86.7 Å². The Morgan fingerprint density at radius 3 is 2.07 bits per heavy atom. The van der Waals surface area contributed by atoms with E-state index in [0.717, 1.165) is 37.8 Å². The Kier molecular flexibility index (Phi) is 2.38. The van der Waals surface area contributed by atoms with Crippen molar-refractivity contribution in [1.82, 2.24) is 0 Å². The summed E-state index contributed by atoms with van der Waals surface area (Å²) in [6.45, 7) is 0. The van der Waals surface area contributed by atoms with E-state index in [2.05, 4.69) is 0 Å². The summed E-state index contributed by atoms with van der Waals surface area (Å²) < 4.78 is 26.2. The van der Waals surface area contributed by atoms with Crippen LogP contribution in [-0.2, 0) is 5.54 Å². The van der Waals surface area contributed by atoms with Crippen molar-refractivity contribution in [3.63, 3.8) is 0 Å². The van der Waals surface area contributed by atoms with Gasteiger partial charge in [-0.25, -0.2) is 8.78 Å². The lowest BCUT2D eigenvalue weighted by Crippen LogP contribution is -2.33. The number of halogens is 2. The third kappa shape index (κ3) is 1.69. The molecule has 0 amide bonds. The van der Waals surface area contributed by atoms with E-state index in [1.807, 2.05) is 0 Å². The van der Waals surface area contributed by atoms with Gasteiger partial charge in [0.15, 0.2) is 17.4 Å². The van der Waals surface area contributed by atoms with Crippen molar-refractivity contribution in [2.24, 2.45) is 5.73 Å². The highest BCUT2D eigenvalue weighted by Crippen LogP contribution is 2.38. The van der Waals surface area contributed by atoms with Gasteiger partial charge in [-0.05, 0) is 30.5 Å². The Morgan fingerprint density at radius 1 is 1.13 bits per heavy atom. The molecule has 2 nitrogen and oxygen atoms in total. The molecule has 0 aromatic heterocycles. The first kappa shape index (κ1) is 10.4. The summed E-state index contributed by atoms with van der Waals surface area (Å²) in [5, 5.41) is 8.97. The molecule has 0 saturated heterocycles. The molecule has 4 heteroatoms. The molecule has 1 fully saturated rings. The van der Waals surface area contributed by atoms with Crippen LogP contribution < -0.4 is 5.73 Å². The molecule has 2 rings (SSSR count). The van der Waals surface area contributed by atoms with E-state index >= 15 is 0 Å². The zero-order valence-corrected chi connectivity index (χ0v) is 8.26. The zero-order valence-electron chi connectivity index (χ0n) is 8.26. The molecule has 82 valence electrons. The predicted octanol–water partition coefficient (Wildman–Crippen LogP) is 2.40. The first-order valence-corrected chi connectivity index (χ1v) is 5.00. The van der Waals surface area contributed by atoms with Gasteiger partial charge in [-0.3, -0.25) is 0 Å². The Bertz CT molecular complexity index is 363. The van der Waals surface area contributed by atoms with E-state index in [1.165, 1.54) is 0 Å². The maximum Gasteiger partial charge on any atom is 0.187 e. The van der Waals surface area contributed by atoms with Gasteiger partial charge in [0.2, 0.25) is 0 Å². The summed E-state index contributed by atoms with van der Waals surface area (Å²) >= 11 is 0. The van der Waals surface area contributed by atoms with Gasteiger partial charge in [-0.2, -0.15) is 0 Å². The molecule has 0 atom stereocenters. The van der Waals surface area contributed by atoms with Crippen LogP contribution in [0.15, 0.2) is 12.1 Å². The maximum absolute atomic E-state index is 13.1. The number of phenols is 1. The van der Waals surface area contributed by atoms with E-state index in [-0.39, 0.29) is 0 Å². The lowest BCUT2D eigenvalue weighted by molar-refractivity contribution is 0.388. The van der Waals surface area contributed by atoms with Crippen molar-refractivity contribution in [2.75, 3.05) is 0 Å². The highest BCUT2D eigenvalue weighted by molar-refractivity contribution is 5.34. The van der Waals surface area contributed by atoms with Crippen LogP contribution in [0.3, 0.4) is 0 Å². The van der Waals surface area contributed by atoms with Crippen LogP contribution in [0, 0.1) is 11.6 Å². The molecule has 3 N–H and O–H groups in total. The van der Waals surface area contributed by atoms with Gasteiger partial charge < -0.3 is 10.8 Å². The monoisotopic (exact) mass is 213 g/mol. The quantitative estimate of drug-likeness (QED) is 0.752. The van der Waals surface area contributed by atoms with Gasteiger partial charge in [0, 0.05) is 5.54 Å². The number of hydrogen-bond acceptors (Lipinski definition) is 2. The van der Waals surface area contributed by atoms with Crippen molar-refractivity contribution in [3.05, 3.63) is 29.3 Å². The minimum Gasteiger partial charge on any atom is -0.503 e. The average molecular weight is 213 g/mol. The number of rotatable bonds is 1. The van der Waals surface area contributed by atoms with Crippen molar-refractivity contribution in [2.45, 2.75) is 31.2 Å². The Balaban J connectivity index is 2.45. The summed E-state index contributed by atoms with van der Waals surface area (Å²) in [6.07, 6.45) is 3.41. The number of aromatic hydroxyl groups is 1. The van der Waals surface area contributed by atoms with Gasteiger partial charge in [-0.1, -0.05) is 12.8 Å². The first-order chi connectivity index (χ1) is 7.03. The molecular weight excluding hydrogens is 200 g/mol. The summed E-state index contributed by atoms with van der Waals surface area (Å²) in [7, 11) is 0. The molecule has 1 aliphatic rings. The molecule has 0 spiro atoms. The summed E-state index contributed by atoms with van der Waals surface area (Å²) in [5.41, 5.74) is 5.86. The summed E-state index contributed by atoms with van der Waals surface area (Å²) in [5.74, 6) is -2.82. The fraction of sp³-hybridized carbons (Fsp3) is 0.455. The van der Waals surface area contributed by atoms with E-state index in [1.54, 1.807) is 0 Å². The lowest BCUT2D eigenvalue weighted by atomic mass is 9.89. The second kappa shape index (κ2) is 3.45. The van der Waals surface area contributed by atoms with Crippen molar-refractivity contribution >= 4 is 0 Å². The maximum atomic E-state index is 13.1. The zero-order chi connectivity index (χ0) is 11.1. The van der Waals surface area contributed by atoms with Crippen LogP contribution in [0.5, 0.6) is 5.75 Å². The molecule has 0 aliphatic heterocycles. The standard InChI is InChI=1S/C11H13F2NO/c12-8-5-7(6-9(13)10(8)15)11(14)3-1-2-4-11/h5-6,15H,1-4,14H2. The lowest BCUT2D eigenvalue weighted by Gasteiger charge is -2.24. The predicted molar refractivity (Wildman–Crippen MR) is 52.4 cm³/mol. The van der Waals surface area contributed by atoms with Gasteiger partial charge in [0.05, 0.1) is 0 Å². The van der Waals surface area contributed by atoms with Gasteiger partial charge in [0.25, 0.3) is 0 Å². The highest BCUT2D eigenvalue weighted by atomic mass is 19.1. The number of phenolic OH excluding ortho intramolecular Hbond substituents is 1. The smallest absolute Gasteiger partial charge is 0.187 e. The van der Waals surface area contributed by atoms with Crippen LogP contribution >= 0.6 is 0 Å². The first-order valence-electron chi connectivity index (χ1n) is 5.00. The molecule has 1 aromatic carbocycles. The molecule has 0 bridgehead atoms.